The summed E-state index contributed by atoms with van der Waals surface area (Å²) in [6, 6.07) is 6.15. The molecule has 0 aliphatic rings. The van der Waals surface area contributed by atoms with Gasteiger partial charge < -0.3 is 15.2 Å². The highest BCUT2D eigenvalue weighted by Gasteiger charge is 2.08. The Bertz CT molecular complexity index is 423. The van der Waals surface area contributed by atoms with Crippen LogP contribution in [-0.4, -0.2) is 19.8 Å². The average molecular weight is 261 g/mol. The van der Waals surface area contributed by atoms with Gasteiger partial charge in [-0.2, -0.15) is 0 Å². The van der Waals surface area contributed by atoms with Crippen LogP contribution >= 0.6 is 0 Å². The largest absolute Gasteiger partial charge is 0.493 e. The molecule has 2 N–H and O–H groups in total. The predicted octanol–water partition coefficient (Wildman–Crippen LogP) is 2.77. The molecule has 19 heavy (non-hydrogen) atoms. The van der Waals surface area contributed by atoms with E-state index >= 15 is 0 Å². The Kier molecular flexibility index (Phi) is 6.84. The van der Waals surface area contributed by atoms with Crippen LogP contribution in [0.25, 0.3) is 0 Å². The molecule has 1 rings (SSSR count). The lowest BCUT2D eigenvalue weighted by atomic mass is 10.0. The van der Waals surface area contributed by atoms with E-state index < -0.39 is 0 Å². The number of methoxy groups -OCH3 is 1. The van der Waals surface area contributed by atoms with Crippen LogP contribution in [0.2, 0.25) is 0 Å². The maximum atomic E-state index is 5.96. The standard InChI is InChI=1S/C16H23NO2/c1-4-6-7-10-19-15-9-8-13(11-14(17)5-2)12-16(15)18-3/h1,8-9,12,14H,5-7,10-11,17H2,2-3H3. The van der Waals surface area contributed by atoms with Gasteiger partial charge in [-0.05, 0) is 37.0 Å². The van der Waals surface area contributed by atoms with Crippen molar-refractivity contribution < 1.29 is 9.47 Å². The minimum absolute atomic E-state index is 0.187. The van der Waals surface area contributed by atoms with E-state index in [9.17, 15) is 0 Å². The van der Waals surface area contributed by atoms with Gasteiger partial charge in [0.2, 0.25) is 0 Å². The van der Waals surface area contributed by atoms with Crippen molar-refractivity contribution in [3.05, 3.63) is 23.8 Å². The molecule has 1 aromatic carbocycles. The fourth-order valence-electron chi connectivity index (χ4n) is 1.76. The lowest BCUT2D eigenvalue weighted by Crippen LogP contribution is -2.21. The van der Waals surface area contributed by atoms with E-state index in [2.05, 4.69) is 12.8 Å². The number of ether oxygens (including phenoxy) is 2. The summed E-state index contributed by atoms with van der Waals surface area (Å²) in [5.74, 6) is 4.10. The number of terminal acetylenes is 1. The van der Waals surface area contributed by atoms with Crippen LogP contribution in [0.3, 0.4) is 0 Å². The maximum Gasteiger partial charge on any atom is 0.161 e. The first-order valence-electron chi connectivity index (χ1n) is 6.70. The van der Waals surface area contributed by atoms with Gasteiger partial charge >= 0.3 is 0 Å². The first kappa shape index (κ1) is 15.4. The molecule has 3 heteroatoms. The lowest BCUT2D eigenvalue weighted by molar-refractivity contribution is 0.290. The molecular weight excluding hydrogens is 238 g/mol. The van der Waals surface area contributed by atoms with Crippen molar-refractivity contribution in [1.82, 2.24) is 0 Å². The Hall–Kier alpha value is -1.66. The van der Waals surface area contributed by atoms with Crippen LogP contribution in [-0.2, 0) is 6.42 Å². The normalized spacial score (nSPS) is 11.7. The summed E-state index contributed by atoms with van der Waals surface area (Å²) in [7, 11) is 1.65. The molecule has 0 spiro atoms. The molecule has 0 amide bonds. The van der Waals surface area contributed by atoms with E-state index in [1.165, 1.54) is 5.56 Å². The van der Waals surface area contributed by atoms with Crippen LogP contribution in [0, 0.1) is 12.3 Å². The summed E-state index contributed by atoms with van der Waals surface area (Å²) >= 11 is 0. The molecule has 0 saturated carbocycles. The highest BCUT2D eigenvalue weighted by atomic mass is 16.5. The summed E-state index contributed by atoms with van der Waals surface area (Å²) in [6.45, 7) is 2.69. The number of nitrogens with two attached hydrogens (primary N) is 1. The Labute approximate surface area is 116 Å². The Balaban J connectivity index is 2.65. The van der Waals surface area contributed by atoms with Crippen molar-refractivity contribution in [3.63, 3.8) is 0 Å². The van der Waals surface area contributed by atoms with E-state index in [1.807, 2.05) is 18.2 Å². The minimum Gasteiger partial charge on any atom is -0.493 e. The van der Waals surface area contributed by atoms with E-state index in [1.54, 1.807) is 7.11 Å². The fraction of sp³-hybridized carbons (Fsp3) is 0.500. The van der Waals surface area contributed by atoms with Crippen molar-refractivity contribution >= 4 is 0 Å². The van der Waals surface area contributed by atoms with E-state index in [4.69, 9.17) is 21.6 Å². The van der Waals surface area contributed by atoms with Crippen LogP contribution in [0.4, 0.5) is 0 Å². The van der Waals surface area contributed by atoms with Gasteiger partial charge in [0.25, 0.3) is 0 Å². The molecular formula is C16H23NO2. The topological polar surface area (TPSA) is 44.5 Å². The average Bonchev–Trinajstić information content (AvgIpc) is 2.44. The Morgan fingerprint density at radius 1 is 1.37 bits per heavy atom. The second-order valence-electron chi connectivity index (χ2n) is 4.51. The van der Waals surface area contributed by atoms with Gasteiger partial charge in [-0.3, -0.25) is 0 Å². The molecule has 1 unspecified atom stereocenters. The third kappa shape index (κ3) is 5.23. The monoisotopic (exact) mass is 261 g/mol. The zero-order valence-corrected chi connectivity index (χ0v) is 11.8. The summed E-state index contributed by atoms with van der Waals surface area (Å²) in [6.07, 6.45) is 8.59. The van der Waals surface area contributed by atoms with Crippen LogP contribution in [0.1, 0.15) is 31.7 Å². The van der Waals surface area contributed by atoms with Gasteiger partial charge in [0.15, 0.2) is 11.5 Å². The van der Waals surface area contributed by atoms with Crippen LogP contribution in [0.5, 0.6) is 11.5 Å². The first-order valence-corrected chi connectivity index (χ1v) is 6.70. The molecule has 0 heterocycles. The molecule has 0 aliphatic carbocycles. The summed E-state index contributed by atoms with van der Waals surface area (Å²) in [5, 5.41) is 0. The summed E-state index contributed by atoms with van der Waals surface area (Å²) in [4.78, 5) is 0. The van der Waals surface area contributed by atoms with Gasteiger partial charge in [0.05, 0.1) is 13.7 Å². The Morgan fingerprint density at radius 3 is 2.79 bits per heavy atom. The third-order valence-corrected chi connectivity index (χ3v) is 2.97. The number of unbranched alkanes of at least 4 members (excludes halogenated alkanes) is 1. The number of rotatable bonds is 8. The summed E-state index contributed by atoms with van der Waals surface area (Å²) < 4.78 is 11.0. The molecule has 0 aromatic heterocycles. The smallest absolute Gasteiger partial charge is 0.161 e. The SMILES string of the molecule is C#CCCCOc1ccc(CC(N)CC)cc1OC. The van der Waals surface area contributed by atoms with Gasteiger partial charge in [0.1, 0.15) is 0 Å². The molecule has 0 aliphatic heterocycles. The van der Waals surface area contributed by atoms with Gasteiger partial charge in [-0.15, -0.1) is 12.3 Å². The van der Waals surface area contributed by atoms with Crippen molar-refractivity contribution in [2.75, 3.05) is 13.7 Å². The fourth-order valence-corrected chi connectivity index (χ4v) is 1.76. The molecule has 0 bridgehead atoms. The maximum absolute atomic E-state index is 5.96. The van der Waals surface area contributed by atoms with E-state index in [-0.39, 0.29) is 6.04 Å². The van der Waals surface area contributed by atoms with Crippen molar-refractivity contribution in [2.45, 2.75) is 38.6 Å². The molecule has 0 saturated heterocycles. The molecule has 104 valence electrons. The van der Waals surface area contributed by atoms with Crippen molar-refractivity contribution in [3.8, 4) is 23.8 Å². The zero-order valence-electron chi connectivity index (χ0n) is 11.8. The van der Waals surface area contributed by atoms with Gasteiger partial charge in [-0.25, -0.2) is 0 Å². The zero-order chi connectivity index (χ0) is 14.1. The van der Waals surface area contributed by atoms with E-state index in [0.717, 1.165) is 37.2 Å². The highest BCUT2D eigenvalue weighted by molar-refractivity contribution is 5.43. The van der Waals surface area contributed by atoms with Crippen molar-refractivity contribution in [1.29, 1.82) is 0 Å². The summed E-state index contributed by atoms with van der Waals surface area (Å²) in [5.41, 5.74) is 7.13. The lowest BCUT2D eigenvalue weighted by Gasteiger charge is -2.13. The molecule has 0 fully saturated rings. The molecule has 1 aromatic rings. The van der Waals surface area contributed by atoms with Gasteiger partial charge in [0, 0.05) is 12.5 Å². The predicted molar refractivity (Wildman–Crippen MR) is 78.5 cm³/mol. The highest BCUT2D eigenvalue weighted by Crippen LogP contribution is 2.28. The molecule has 3 nitrogen and oxygen atoms in total. The van der Waals surface area contributed by atoms with Crippen LogP contribution < -0.4 is 15.2 Å². The van der Waals surface area contributed by atoms with Gasteiger partial charge in [-0.1, -0.05) is 13.0 Å². The van der Waals surface area contributed by atoms with Crippen LogP contribution in [0.15, 0.2) is 18.2 Å². The third-order valence-electron chi connectivity index (χ3n) is 2.97. The number of benzene rings is 1. The minimum atomic E-state index is 0.187. The number of hydrogen-bond donors (Lipinski definition) is 1. The Morgan fingerprint density at radius 2 is 2.16 bits per heavy atom. The number of hydrogen-bond acceptors (Lipinski definition) is 3. The first-order chi connectivity index (χ1) is 9.21. The van der Waals surface area contributed by atoms with E-state index in [0.29, 0.717) is 6.61 Å². The van der Waals surface area contributed by atoms with Crippen molar-refractivity contribution in [2.24, 2.45) is 5.73 Å². The molecule has 1 atom stereocenters. The second kappa shape index (κ2) is 8.44. The molecule has 0 radical (unpaired) electrons. The quantitative estimate of drug-likeness (QED) is 0.578. The second-order valence-corrected chi connectivity index (χ2v) is 4.51.